The molecule has 0 spiro atoms. The first-order chi connectivity index (χ1) is 18.9. The highest BCUT2D eigenvalue weighted by Crippen LogP contribution is 2.42. The number of halogens is 3. The van der Waals surface area contributed by atoms with Gasteiger partial charge in [-0.05, 0) is 66.9 Å². The first-order valence-electron chi connectivity index (χ1n) is 13.8. The van der Waals surface area contributed by atoms with E-state index >= 15 is 13.2 Å². The van der Waals surface area contributed by atoms with Crippen LogP contribution in [0.1, 0.15) is 78.0 Å². The molecular formula is C29H39F3N4O5. The topological polar surface area (TPSA) is 102 Å². The van der Waals surface area contributed by atoms with Gasteiger partial charge in [0, 0.05) is 42.6 Å². The van der Waals surface area contributed by atoms with E-state index in [0.29, 0.717) is 18.4 Å². The largest absolute Gasteiger partial charge is 0.444 e. The van der Waals surface area contributed by atoms with Crippen LogP contribution >= 0.6 is 0 Å². The average molecular weight is 581 g/mol. The predicted octanol–water partition coefficient (Wildman–Crippen LogP) is 5.39. The number of alkyl halides is 1. The molecule has 2 aromatic rings. The van der Waals surface area contributed by atoms with Gasteiger partial charge < -0.3 is 29.6 Å². The van der Waals surface area contributed by atoms with Crippen LogP contribution in [0.15, 0.2) is 10.9 Å². The molecule has 9 nitrogen and oxygen atoms in total. The fraction of sp³-hybridized carbons (Fsp3) is 0.621. The lowest BCUT2D eigenvalue weighted by Crippen LogP contribution is -2.43. The van der Waals surface area contributed by atoms with E-state index in [2.05, 4.69) is 10.6 Å². The Balaban J connectivity index is 1.69. The van der Waals surface area contributed by atoms with Crippen LogP contribution < -0.4 is 21.1 Å². The van der Waals surface area contributed by atoms with Crippen LogP contribution in [0.4, 0.5) is 28.4 Å². The molecule has 2 aliphatic rings. The van der Waals surface area contributed by atoms with E-state index in [9.17, 15) is 14.4 Å². The summed E-state index contributed by atoms with van der Waals surface area (Å²) in [5.74, 6) is -2.35. The summed E-state index contributed by atoms with van der Waals surface area (Å²) in [4.78, 5) is 38.9. The number of carbonyl (C=O) groups excluding carboxylic acids is 2. The molecule has 1 aromatic carbocycles. The average Bonchev–Trinajstić information content (AvgIpc) is 3.59. The minimum absolute atomic E-state index is 0.0311. The number of benzene rings is 1. The van der Waals surface area contributed by atoms with E-state index in [1.165, 1.54) is 15.5 Å². The molecule has 0 radical (unpaired) electrons. The van der Waals surface area contributed by atoms with Crippen molar-refractivity contribution in [2.75, 3.05) is 24.5 Å². The normalized spacial score (nSPS) is 19.4. The smallest absolute Gasteiger partial charge is 0.407 e. The standard InChI is InChI=1S/C29H39F3N4O5/c1-16-23-20(17(12-19(37)36(23)18-8-9-18)13-33-25(38)40-27(2,3)4)21(30)22(31)24(16)35-11-10-29(32,15-35)14-34-26(39)41-28(5,6)7/h12,18H,8-11,13-15H2,1-7H3,(H,33,38)(H,34,39). The number of nitrogens with zero attached hydrogens (tertiary/aromatic N) is 2. The predicted molar refractivity (Wildman–Crippen MR) is 149 cm³/mol. The highest BCUT2D eigenvalue weighted by Gasteiger charge is 2.41. The lowest BCUT2D eigenvalue weighted by Gasteiger charge is -2.27. The van der Waals surface area contributed by atoms with Gasteiger partial charge in [0.2, 0.25) is 0 Å². The molecule has 12 heteroatoms. The second-order valence-electron chi connectivity index (χ2n) is 13.0. The number of rotatable bonds is 6. The van der Waals surface area contributed by atoms with Gasteiger partial charge in [0.05, 0.1) is 24.3 Å². The monoisotopic (exact) mass is 580 g/mol. The zero-order chi connectivity index (χ0) is 30.5. The van der Waals surface area contributed by atoms with Crippen molar-refractivity contribution in [1.29, 1.82) is 0 Å². The molecule has 2 heterocycles. The second kappa shape index (κ2) is 10.8. The lowest BCUT2D eigenvalue weighted by molar-refractivity contribution is 0.0483. The van der Waals surface area contributed by atoms with Gasteiger partial charge in [-0.15, -0.1) is 0 Å². The summed E-state index contributed by atoms with van der Waals surface area (Å²) in [7, 11) is 0. The Morgan fingerprint density at radius 1 is 1.02 bits per heavy atom. The van der Waals surface area contributed by atoms with E-state index in [1.54, 1.807) is 48.5 Å². The maximum absolute atomic E-state index is 15.9. The summed E-state index contributed by atoms with van der Waals surface area (Å²) < 4.78 is 59.3. The Labute approximate surface area is 237 Å². The Hall–Kier alpha value is -3.44. The molecule has 4 rings (SSSR count). The minimum Gasteiger partial charge on any atom is -0.444 e. The number of carbonyl (C=O) groups is 2. The maximum Gasteiger partial charge on any atom is 0.407 e. The molecule has 1 aliphatic carbocycles. The number of alkyl carbamates (subject to hydrolysis) is 2. The molecule has 226 valence electrons. The van der Waals surface area contributed by atoms with Gasteiger partial charge in [-0.2, -0.15) is 0 Å². The number of fused-ring (bicyclic) bond motifs is 1. The van der Waals surface area contributed by atoms with Crippen molar-refractivity contribution in [3.63, 3.8) is 0 Å². The molecule has 1 aromatic heterocycles. The molecule has 2 amide bonds. The van der Waals surface area contributed by atoms with Crippen LogP contribution in [0.3, 0.4) is 0 Å². The molecule has 1 atom stereocenters. The van der Waals surface area contributed by atoms with Gasteiger partial charge in [0.1, 0.15) is 16.9 Å². The summed E-state index contributed by atoms with van der Waals surface area (Å²) in [6.45, 7) is 10.9. The van der Waals surface area contributed by atoms with Gasteiger partial charge in [0.15, 0.2) is 11.6 Å². The third-order valence-electron chi connectivity index (χ3n) is 6.97. The first-order valence-corrected chi connectivity index (χ1v) is 13.8. The summed E-state index contributed by atoms with van der Waals surface area (Å²) in [6, 6.07) is 1.05. The number of anilines is 1. The van der Waals surface area contributed by atoms with Crippen molar-refractivity contribution >= 4 is 28.8 Å². The maximum atomic E-state index is 15.9. The highest BCUT2D eigenvalue weighted by atomic mass is 19.2. The van der Waals surface area contributed by atoms with Gasteiger partial charge >= 0.3 is 12.2 Å². The number of hydrogen-bond acceptors (Lipinski definition) is 6. The van der Waals surface area contributed by atoms with Crippen molar-refractivity contribution in [1.82, 2.24) is 15.2 Å². The van der Waals surface area contributed by atoms with Gasteiger partial charge in [-0.3, -0.25) is 4.79 Å². The van der Waals surface area contributed by atoms with E-state index < -0.39 is 46.3 Å². The highest BCUT2D eigenvalue weighted by molar-refractivity contribution is 5.91. The lowest BCUT2D eigenvalue weighted by atomic mass is 10.0. The summed E-state index contributed by atoms with van der Waals surface area (Å²) in [5, 5.41) is 4.84. The molecule has 0 bridgehead atoms. The number of aromatic nitrogens is 1. The minimum atomic E-state index is -1.91. The van der Waals surface area contributed by atoms with Crippen LogP contribution in [0.25, 0.3) is 10.9 Å². The first kappa shape index (κ1) is 30.5. The molecule has 1 unspecified atom stereocenters. The summed E-state index contributed by atoms with van der Waals surface area (Å²) >= 11 is 0. The third-order valence-corrected chi connectivity index (χ3v) is 6.97. The number of ether oxygens (including phenoxy) is 2. The summed E-state index contributed by atoms with van der Waals surface area (Å²) in [6.07, 6.45) is -0.135. The third kappa shape index (κ3) is 6.90. The van der Waals surface area contributed by atoms with E-state index in [1.807, 2.05) is 0 Å². The number of hydrogen-bond donors (Lipinski definition) is 2. The number of amides is 2. The van der Waals surface area contributed by atoms with Gasteiger partial charge in [-0.1, -0.05) is 0 Å². The fourth-order valence-corrected chi connectivity index (χ4v) is 5.18. The van der Waals surface area contributed by atoms with Crippen LogP contribution in [0.5, 0.6) is 0 Å². The van der Waals surface area contributed by atoms with E-state index in [4.69, 9.17) is 9.47 Å². The quantitative estimate of drug-likeness (QED) is 0.475. The van der Waals surface area contributed by atoms with Crippen molar-refractivity contribution < 1.29 is 32.2 Å². The number of aryl methyl sites for hydroxylation is 1. The Morgan fingerprint density at radius 2 is 1.61 bits per heavy atom. The molecule has 41 heavy (non-hydrogen) atoms. The van der Waals surface area contributed by atoms with Gasteiger partial charge in [-0.25, -0.2) is 22.8 Å². The number of nitrogens with one attached hydrogen (secondary N) is 2. The Bertz CT molecular complexity index is 1430. The van der Waals surface area contributed by atoms with E-state index in [-0.39, 0.29) is 60.8 Å². The van der Waals surface area contributed by atoms with Crippen LogP contribution in [0.2, 0.25) is 0 Å². The number of pyridine rings is 1. The Morgan fingerprint density at radius 3 is 2.17 bits per heavy atom. The van der Waals surface area contributed by atoms with E-state index in [0.717, 1.165) is 0 Å². The molecule has 2 fully saturated rings. The molecule has 1 aliphatic heterocycles. The van der Waals surface area contributed by atoms with Gasteiger partial charge in [0.25, 0.3) is 5.56 Å². The second-order valence-corrected chi connectivity index (χ2v) is 13.0. The van der Waals surface area contributed by atoms with Crippen molar-refractivity contribution in [3.8, 4) is 0 Å². The van der Waals surface area contributed by atoms with Crippen LogP contribution in [0, 0.1) is 18.6 Å². The molecule has 1 saturated carbocycles. The summed E-state index contributed by atoms with van der Waals surface area (Å²) in [5.41, 5.74) is -3.32. The Kier molecular flexibility index (Phi) is 8.01. The molecule has 2 N–H and O–H groups in total. The van der Waals surface area contributed by atoms with Crippen molar-refractivity contribution in [3.05, 3.63) is 39.2 Å². The van der Waals surface area contributed by atoms with Crippen LogP contribution in [-0.4, -0.2) is 53.3 Å². The van der Waals surface area contributed by atoms with Crippen molar-refractivity contribution in [2.24, 2.45) is 0 Å². The van der Waals surface area contributed by atoms with Crippen molar-refractivity contribution in [2.45, 2.75) is 97.2 Å². The zero-order valence-electron chi connectivity index (χ0n) is 24.7. The zero-order valence-corrected chi connectivity index (χ0v) is 24.7. The molecule has 1 saturated heterocycles. The van der Waals surface area contributed by atoms with Crippen LogP contribution in [-0.2, 0) is 16.0 Å². The molecular weight excluding hydrogens is 541 g/mol. The SMILES string of the molecule is Cc1c(N2CCC(F)(CNC(=O)OC(C)(C)C)C2)c(F)c(F)c2c(CNC(=O)OC(C)(C)C)cc(=O)n(C3CC3)c12. The fourth-order valence-electron chi connectivity index (χ4n) is 5.18.